The normalized spacial score (nSPS) is 38.2. The van der Waals surface area contributed by atoms with Gasteiger partial charge in [-0.1, -0.05) is 6.08 Å². The zero-order valence-corrected chi connectivity index (χ0v) is 5.25. The van der Waals surface area contributed by atoms with Gasteiger partial charge < -0.3 is 5.32 Å². The summed E-state index contributed by atoms with van der Waals surface area (Å²) < 4.78 is 0. The van der Waals surface area contributed by atoms with Gasteiger partial charge in [-0.15, -0.1) is 0 Å². The lowest BCUT2D eigenvalue weighted by Gasteiger charge is -2.18. The van der Waals surface area contributed by atoms with Crippen molar-refractivity contribution >= 4 is 6.21 Å². The van der Waals surface area contributed by atoms with Gasteiger partial charge in [0, 0.05) is 12.1 Å². The molecule has 0 radical (unpaired) electrons. The van der Waals surface area contributed by atoms with Gasteiger partial charge in [0.15, 0.2) is 0 Å². The molecule has 9 heavy (non-hydrogen) atoms. The maximum absolute atomic E-state index is 4.29. The summed E-state index contributed by atoms with van der Waals surface area (Å²) in [5.74, 6) is 0.676. The lowest BCUT2D eigenvalue weighted by Crippen LogP contribution is -2.26. The first-order chi connectivity index (χ1) is 4.47. The van der Waals surface area contributed by atoms with Crippen LogP contribution in [-0.4, -0.2) is 12.4 Å². The molecule has 0 amide bonds. The van der Waals surface area contributed by atoms with Crippen LogP contribution in [-0.2, 0) is 0 Å². The van der Waals surface area contributed by atoms with Crippen LogP contribution in [0.1, 0.15) is 12.8 Å². The largest absolute Gasteiger partial charge is 0.370 e. The van der Waals surface area contributed by atoms with E-state index in [2.05, 4.69) is 16.4 Å². The molecule has 2 unspecified atom stereocenters. The van der Waals surface area contributed by atoms with Crippen LogP contribution in [0.2, 0.25) is 0 Å². The lowest BCUT2D eigenvalue weighted by atomic mass is 10.0. The second-order valence-corrected chi connectivity index (χ2v) is 2.54. The molecule has 48 valence electrons. The van der Waals surface area contributed by atoms with Gasteiger partial charge in [-0.25, -0.2) is 0 Å². The number of aliphatic imine (C=N–C) groups is 1. The fourth-order valence-electron chi connectivity index (χ4n) is 1.37. The maximum Gasteiger partial charge on any atom is 0.124 e. The Kier molecular flexibility index (Phi) is 1.04. The summed E-state index contributed by atoms with van der Waals surface area (Å²) in [6, 6.07) is 0. The predicted octanol–water partition coefficient (Wildman–Crippen LogP) is 0.910. The molecule has 0 aromatic heterocycles. The molecule has 2 nitrogen and oxygen atoms in total. The molecule has 0 bridgehead atoms. The molecule has 0 spiro atoms. The van der Waals surface area contributed by atoms with Crippen molar-refractivity contribution in [3.63, 3.8) is 0 Å². The van der Waals surface area contributed by atoms with Gasteiger partial charge in [0.25, 0.3) is 0 Å². The maximum atomic E-state index is 4.29. The van der Waals surface area contributed by atoms with E-state index in [4.69, 9.17) is 0 Å². The summed E-state index contributed by atoms with van der Waals surface area (Å²) in [6.45, 7) is 0. The highest BCUT2D eigenvalue weighted by atomic mass is 15.1. The molecule has 2 heteroatoms. The van der Waals surface area contributed by atoms with Crippen molar-refractivity contribution in [1.29, 1.82) is 0 Å². The molecular formula is C7H10N2. The van der Waals surface area contributed by atoms with Crippen molar-refractivity contribution in [1.82, 2.24) is 5.32 Å². The van der Waals surface area contributed by atoms with Crippen molar-refractivity contribution in [3.05, 3.63) is 12.3 Å². The van der Waals surface area contributed by atoms with Crippen LogP contribution >= 0.6 is 0 Å². The first-order valence-electron chi connectivity index (χ1n) is 3.41. The van der Waals surface area contributed by atoms with Gasteiger partial charge in [-0.3, -0.25) is 4.99 Å². The van der Waals surface area contributed by atoms with Gasteiger partial charge >= 0.3 is 0 Å². The van der Waals surface area contributed by atoms with E-state index in [1.807, 2.05) is 12.4 Å². The van der Waals surface area contributed by atoms with Gasteiger partial charge in [0.05, 0.1) is 0 Å². The van der Waals surface area contributed by atoms with Crippen LogP contribution < -0.4 is 5.32 Å². The Morgan fingerprint density at radius 3 is 3.44 bits per heavy atom. The molecule has 1 N–H and O–H groups in total. The van der Waals surface area contributed by atoms with E-state index < -0.39 is 0 Å². The van der Waals surface area contributed by atoms with Crippen molar-refractivity contribution in [2.75, 3.05) is 0 Å². The van der Waals surface area contributed by atoms with Crippen molar-refractivity contribution < 1.29 is 0 Å². The average Bonchev–Trinajstić information content (AvgIpc) is 2.33. The van der Waals surface area contributed by atoms with Crippen molar-refractivity contribution in [3.8, 4) is 0 Å². The topological polar surface area (TPSA) is 24.4 Å². The number of nitrogens with zero attached hydrogens (tertiary/aromatic N) is 1. The Labute approximate surface area is 54.7 Å². The van der Waals surface area contributed by atoms with Gasteiger partial charge in [-0.2, -0.15) is 0 Å². The second kappa shape index (κ2) is 1.87. The first kappa shape index (κ1) is 5.03. The van der Waals surface area contributed by atoms with Crippen molar-refractivity contribution in [2.45, 2.75) is 19.0 Å². The SMILES string of the molecule is C1=CC2CCC=NC2N1. The molecule has 0 aromatic rings. The van der Waals surface area contributed by atoms with E-state index in [0.29, 0.717) is 12.1 Å². The standard InChI is InChI=1S/C7H10N2/c1-2-6-3-5-9-7(6)8-4-1/h3-7,9H,1-2H2. The number of rotatable bonds is 0. The van der Waals surface area contributed by atoms with Crippen LogP contribution in [0.3, 0.4) is 0 Å². The molecule has 2 heterocycles. The molecule has 0 fully saturated rings. The quantitative estimate of drug-likeness (QED) is 0.507. The Hall–Kier alpha value is -0.790. The minimum Gasteiger partial charge on any atom is -0.370 e. The molecule has 0 saturated heterocycles. The van der Waals surface area contributed by atoms with Gasteiger partial charge in [0.2, 0.25) is 0 Å². The summed E-state index contributed by atoms with van der Waals surface area (Å²) in [4.78, 5) is 4.29. The van der Waals surface area contributed by atoms with Gasteiger partial charge in [0.1, 0.15) is 6.17 Å². The number of fused-ring (bicyclic) bond motifs is 1. The van der Waals surface area contributed by atoms with E-state index >= 15 is 0 Å². The molecule has 2 aliphatic heterocycles. The van der Waals surface area contributed by atoms with E-state index in [-0.39, 0.29) is 0 Å². The highest BCUT2D eigenvalue weighted by molar-refractivity contribution is 5.58. The minimum atomic E-state index is 0.374. The van der Waals surface area contributed by atoms with E-state index in [1.54, 1.807) is 0 Å². The number of hydrogen-bond acceptors (Lipinski definition) is 2. The number of nitrogens with one attached hydrogen (secondary N) is 1. The average molecular weight is 122 g/mol. The third kappa shape index (κ3) is 0.745. The van der Waals surface area contributed by atoms with Crippen LogP contribution in [0.4, 0.5) is 0 Å². The van der Waals surface area contributed by atoms with Crippen LogP contribution in [0.15, 0.2) is 17.3 Å². The van der Waals surface area contributed by atoms with Crippen molar-refractivity contribution in [2.24, 2.45) is 10.9 Å². The summed E-state index contributed by atoms with van der Waals surface area (Å²) in [6.07, 6.45) is 9.02. The summed E-state index contributed by atoms with van der Waals surface area (Å²) in [5.41, 5.74) is 0. The van der Waals surface area contributed by atoms with Gasteiger partial charge in [-0.05, 0) is 19.0 Å². The Morgan fingerprint density at radius 1 is 1.56 bits per heavy atom. The van der Waals surface area contributed by atoms with Crippen LogP contribution in [0, 0.1) is 5.92 Å². The fraction of sp³-hybridized carbons (Fsp3) is 0.571. The molecular weight excluding hydrogens is 112 g/mol. The molecule has 0 aromatic carbocycles. The Morgan fingerprint density at radius 2 is 2.56 bits per heavy atom. The zero-order valence-electron chi connectivity index (χ0n) is 5.25. The lowest BCUT2D eigenvalue weighted by molar-refractivity contribution is 0.462. The predicted molar refractivity (Wildman–Crippen MR) is 37.3 cm³/mol. The Balaban J connectivity index is 2.16. The summed E-state index contributed by atoms with van der Waals surface area (Å²) in [7, 11) is 0. The molecule has 0 aliphatic carbocycles. The first-order valence-corrected chi connectivity index (χ1v) is 3.41. The second-order valence-electron chi connectivity index (χ2n) is 2.54. The minimum absolute atomic E-state index is 0.374. The highest BCUT2D eigenvalue weighted by Gasteiger charge is 2.22. The third-order valence-corrected chi connectivity index (χ3v) is 1.91. The van der Waals surface area contributed by atoms with E-state index in [9.17, 15) is 0 Å². The molecule has 2 rings (SSSR count). The van der Waals surface area contributed by atoms with Crippen LogP contribution in [0.25, 0.3) is 0 Å². The molecule has 2 atom stereocenters. The van der Waals surface area contributed by atoms with E-state index in [1.165, 1.54) is 6.42 Å². The number of hydrogen-bond donors (Lipinski definition) is 1. The molecule has 0 saturated carbocycles. The van der Waals surface area contributed by atoms with E-state index in [0.717, 1.165) is 6.42 Å². The van der Waals surface area contributed by atoms with Crippen LogP contribution in [0.5, 0.6) is 0 Å². The zero-order chi connectivity index (χ0) is 6.10. The Bertz CT molecular complexity index is 160. The highest BCUT2D eigenvalue weighted by Crippen LogP contribution is 2.21. The molecule has 2 aliphatic rings. The third-order valence-electron chi connectivity index (χ3n) is 1.91. The summed E-state index contributed by atoms with van der Waals surface area (Å²) >= 11 is 0. The summed E-state index contributed by atoms with van der Waals surface area (Å²) in [5, 5.41) is 3.18. The monoisotopic (exact) mass is 122 g/mol. The smallest absolute Gasteiger partial charge is 0.124 e. The fourth-order valence-corrected chi connectivity index (χ4v) is 1.37.